The maximum atomic E-state index is 6.53. The molecule has 1 nitrogen and oxygen atoms in total. The first-order valence-corrected chi connectivity index (χ1v) is 7.53. The molecule has 1 heterocycles. The van der Waals surface area contributed by atoms with Crippen molar-refractivity contribution in [2.75, 3.05) is 0 Å². The van der Waals surface area contributed by atoms with Crippen molar-refractivity contribution in [2.24, 2.45) is 0 Å². The molecular weight excluding hydrogens is 324 g/mol. The summed E-state index contributed by atoms with van der Waals surface area (Å²) in [5, 5.41) is 0.00655. The van der Waals surface area contributed by atoms with Gasteiger partial charge in [-0.15, -0.1) is 11.6 Å². The number of hydrogen-bond acceptors (Lipinski definition) is 1. The van der Waals surface area contributed by atoms with E-state index in [4.69, 9.17) is 16.3 Å². The Labute approximate surface area is 126 Å². The van der Waals surface area contributed by atoms with Crippen LogP contribution in [-0.4, -0.2) is 0 Å². The number of alkyl halides is 1. The summed E-state index contributed by atoms with van der Waals surface area (Å²) in [4.78, 5) is 0. The van der Waals surface area contributed by atoms with E-state index in [0.29, 0.717) is 6.61 Å². The number of hydrogen-bond donors (Lipinski definition) is 0. The number of fused-ring (bicyclic) bond motifs is 1. The zero-order valence-corrected chi connectivity index (χ0v) is 12.7. The summed E-state index contributed by atoms with van der Waals surface area (Å²) < 4.78 is 6.53. The minimum atomic E-state index is 0.00655. The molecule has 0 radical (unpaired) electrons. The summed E-state index contributed by atoms with van der Waals surface area (Å²) in [6.07, 6.45) is 0.842. The lowest BCUT2D eigenvalue weighted by atomic mass is 10.00. The van der Waals surface area contributed by atoms with Crippen LogP contribution in [-0.2, 0) is 24.4 Å². The molecule has 0 spiro atoms. The van der Waals surface area contributed by atoms with Crippen LogP contribution in [0, 0.1) is 0 Å². The molecule has 2 aromatic rings. The summed E-state index contributed by atoms with van der Waals surface area (Å²) in [5.41, 5.74) is 4.99. The van der Waals surface area contributed by atoms with Crippen LogP contribution in [0.15, 0.2) is 46.9 Å². The molecule has 1 unspecified atom stereocenters. The Bertz CT molecular complexity index is 580. The van der Waals surface area contributed by atoms with E-state index < -0.39 is 0 Å². The third-order valence-electron chi connectivity index (χ3n) is 3.44. The fourth-order valence-corrected chi connectivity index (χ4v) is 2.91. The fraction of sp³-hybridized carbons (Fsp3) is 0.250. The van der Waals surface area contributed by atoms with Crippen molar-refractivity contribution in [1.29, 1.82) is 0 Å². The van der Waals surface area contributed by atoms with E-state index in [1.807, 2.05) is 0 Å². The highest BCUT2D eigenvalue weighted by atomic mass is 79.9. The maximum absolute atomic E-state index is 6.53. The third-order valence-corrected chi connectivity index (χ3v) is 4.37. The Morgan fingerprint density at radius 1 is 1.05 bits per heavy atom. The lowest BCUT2D eigenvalue weighted by Crippen LogP contribution is -1.97. The van der Waals surface area contributed by atoms with Crippen molar-refractivity contribution in [3.05, 3.63) is 69.2 Å². The second kappa shape index (κ2) is 5.66. The maximum Gasteiger partial charge on any atom is 0.0725 e. The largest absolute Gasteiger partial charge is 0.372 e. The molecule has 0 amide bonds. The first kappa shape index (κ1) is 13.2. The van der Waals surface area contributed by atoms with Gasteiger partial charge in [-0.3, -0.25) is 0 Å². The molecule has 0 N–H and O–H groups in total. The molecule has 0 aliphatic carbocycles. The minimum Gasteiger partial charge on any atom is -0.372 e. The van der Waals surface area contributed by atoms with Crippen LogP contribution in [0.25, 0.3) is 0 Å². The number of halogens is 2. The van der Waals surface area contributed by atoms with E-state index in [-0.39, 0.29) is 5.38 Å². The van der Waals surface area contributed by atoms with Gasteiger partial charge in [0.15, 0.2) is 0 Å². The van der Waals surface area contributed by atoms with Crippen LogP contribution in [0.2, 0.25) is 0 Å². The highest BCUT2D eigenvalue weighted by Gasteiger charge is 2.15. The van der Waals surface area contributed by atoms with Crippen LogP contribution < -0.4 is 0 Å². The lowest BCUT2D eigenvalue weighted by molar-refractivity contribution is 0.134. The second-order valence-electron chi connectivity index (χ2n) is 4.82. The van der Waals surface area contributed by atoms with E-state index in [1.54, 1.807) is 0 Å². The highest BCUT2D eigenvalue weighted by molar-refractivity contribution is 9.10. The molecule has 0 aromatic heterocycles. The molecule has 3 heteroatoms. The molecule has 1 aliphatic rings. The number of rotatable bonds is 3. The van der Waals surface area contributed by atoms with Gasteiger partial charge >= 0.3 is 0 Å². The van der Waals surface area contributed by atoms with Crippen molar-refractivity contribution >= 4 is 27.5 Å². The Balaban J connectivity index is 1.76. The SMILES string of the molecule is ClC(Cc1ccc(Br)cc1)c1ccc2c(c1)COC2. The molecule has 19 heavy (non-hydrogen) atoms. The molecular formula is C16H14BrClO. The first-order chi connectivity index (χ1) is 9.22. The van der Waals surface area contributed by atoms with Crippen LogP contribution in [0.3, 0.4) is 0 Å². The predicted molar refractivity (Wildman–Crippen MR) is 81.4 cm³/mol. The van der Waals surface area contributed by atoms with Gasteiger partial charge in [-0.1, -0.05) is 46.3 Å². The van der Waals surface area contributed by atoms with Crippen molar-refractivity contribution in [3.63, 3.8) is 0 Å². The zero-order valence-electron chi connectivity index (χ0n) is 10.4. The molecule has 0 fully saturated rings. The van der Waals surface area contributed by atoms with E-state index in [1.165, 1.54) is 22.3 Å². The molecule has 3 rings (SSSR count). The lowest BCUT2D eigenvalue weighted by Gasteiger charge is -2.11. The summed E-state index contributed by atoms with van der Waals surface area (Å²) >= 11 is 9.97. The van der Waals surface area contributed by atoms with Gasteiger partial charge in [0.05, 0.1) is 18.6 Å². The van der Waals surface area contributed by atoms with Crippen molar-refractivity contribution in [2.45, 2.75) is 25.0 Å². The monoisotopic (exact) mass is 336 g/mol. The van der Waals surface area contributed by atoms with Crippen molar-refractivity contribution < 1.29 is 4.74 Å². The van der Waals surface area contributed by atoms with E-state index in [0.717, 1.165) is 17.5 Å². The molecule has 0 saturated heterocycles. The fourth-order valence-electron chi connectivity index (χ4n) is 2.33. The van der Waals surface area contributed by atoms with Gasteiger partial charge in [-0.05, 0) is 40.8 Å². The molecule has 0 bridgehead atoms. The Morgan fingerprint density at radius 2 is 1.79 bits per heavy atom. The van der Waals surface area contributed by atoms with E-state index in [2.05, 4.69) is 58.4 Å². The highest BCUT2D eigenvalue weighted by Crippen LogP contribution is 2.29. The van der Waals surface area contributed by atoms with Gasteiger partial charge < -0.3 is 4.74 Å². The Hall–Kier alpha value is -0.830. The Kier molecular flexibility index (Phi) is 3.92. The normalized spacial score (nSPS) is 15.3. The van der Waals surface area contributed by atoms with Gasteiger partial charge in [0, 0.05) is 4.47 Å². The van der Waals surface area contributed by atoms with Crippen molar-refractivity contribution in [1.82, 2.24) is 0 Å². The van der Waals surface area contributed by atoms with Gasteiger partial charge in [-0.2, -0.15) is 0 Å². The first-order valence-electron chi connectivity index (χ1n) is 6.30. The third kappa shape index (κ3) is 3.02. The number of ether oxygens (including phenoxy) is 1. The molecule has 2 aromatic carbocycles. The summed E-state index contributed by atoms with van der Waals surface area (Å²) in [6.45, 7) is 1.44. The topological polar surface area (TPSA) is 9.23 Å². The summed E-state index contributed by atoms with van der Waals surface area (Å²) in [5.74, 6) is 0. The minimum absolute atomic E-state index is 0.00655. The van der Waals surface area contributed by atoms with E-state index in [9.17, 15) is 0 Å². The molecule has 1 aliphatic heterocycles. The average molecular weight is 338 g/mol. The summed E-state index contributed by atoms with van der Waals surface area (Å²) in [7, 11) is 0. The van der Waals surface area contributed by atoms with Gasteiger partial charge in [-0.25, -0.2) is 0 Å². The second-order valence-corrected chi connectivity index (χ2v) is 6.26. The van der Waals surface area contributed by atoms with Crippen molar-refractivity contribution in [3.8, 4) is 0 Å². The molecule has 0 saturated carbocycles. The van der Waals surface area contributed by atoms with Gasteiger partial charge in [0.1, 0.15) is 0 Å². The van der Waals surface area contributed by atoms with Crippen LogP contribution in [0.5, 0.6) is 0 Å². The summed E-state index contributed by atoms with van der Waals surface area (Å²) in [6, 6.07) is 14.7. The standard InChI is InChI=1S/C16H14BrClO/c17-15-5-1-11(2-6-15)7-16(18)12-3-4-13-9-19-10-14(13)8-12/h1-6,8,16H,7,9-10H2. The quantitative estimate of drug-likeness (QED) is 0.716. The van der Waals surface area contributed by atoms with Crippen LogP contribution in [0.1, 0.15) is 27.6 Å². The van der Waals surface area contributed by atoms with Crippen LogP contribution in [0.4, 0.5) is 0 Å². The number of benzene rings is 2. The van der Waals surface area contributed by atoms with Gasteiger partial charge in [0.2, 0.25) is 0 Å². The van der Waals surface area contributed by atoms with Gasteiger partial charge in [0.25, 0.3) is 0 Å². The van der Waals surface area contributed by atoms with Crippen LogP contribution >= 0.6 is 27.5 Å². The molecule has 98 valence electrons. The molecule has 1 atom stereocenters. The van der Waals surface area contributed by atoms with E-state index >= 15 is 0 Å². The Morgan fingerprint density at radius 3 is 2.58 bits per heavy atom. The predicted octanol–water partition coefficient (Wildman–Crippen LogP) is 5.00. The zero-order chi connectivity index (χ0) is 13.2. The smallest absolute Gasteiger partial charge is 0.0725 e. The average Bonchev–Trinajstić information content (AvgIpc) is 2.88.